The third kappa shape index (κ3) is 1.77. The van der Waals surface area contributed by atoms with Crippen LogP contribution in [0.4, 0.5) is 0 Å². The van der Waals surface area contributed by atoms with Crippen LogP contribution in [-0.2, 0) is 5.41 Å². The van der Waals surface area contributed by atoms with Gasteiger partial charge in [-0.25, -0.2) is 0 Å². The summed E-state index contributed by atoms with van der Waals surface area (Å²) in [7, 11) is 1.97. The van der Waals surface area contributed by atoms with Crippen LogP contribution in [0, 0.1) is 5.92 Å². The van der Waals surface area contributed by atoms with Gasteiger partial charge in [-0.05, 0) is 37.1 Å². The third-order valence-electron chi connectivity index (χ3n) is 3.41. The van der Waals surface area contributed by atoms with Crippen LogP contribution in [0.2, 0.25) is 10.0 Å². The molecule has 0 radical (unpaired) electrons. The molecule has 2 unspecified atom stereocenters. The van der Waals surface area contributed by atoms with Crippen molar-refractivity contribution in [1.29, 1.82) is 0 Å². The first-order chi connectivity index (χ1) is 7.12. The Bertz CT molecular complexity index is 358. The Labute approximate surface area is 101 Å². The van der Waals surface area contributed by atoms with Gasteiger partial charge in [0.05, 0.1) is 0 Å². The zero-order valence-corrected chi connectivity index (χ0v) is 10.5. The first-order valence-electron chi connectivity index (χ1n) is 5.21. The molecule has 0 heterocycles. The minimum atomic E-state index is 0.157. The summed E-state index contributed by atoms with van der Waals surface area (Å²) in [5.41, 5.74) is 1.28. The van der Waals surface area contributed by atoms with Crippen molar-refractivity contribution in [1.82, 2.24) is 5.32 Å². The topological polar surface area (TPSA) is 12.0 Å². The monoisotopic (exact) mass is 243 g/mol. The average Bonchev–Trinajstić information content (AvgIpc) is 2.77. The fourth-order valence-electron chi connectivity index (χ4n) is 2.46. The fourth-order valence-corrected chi connectivity index (χ4v) is 3.23. The van der Waals surface area contributed by atoms with E-state index in [2.05, 4.69) is 12.2 Å². The molecular weight excluding hydrogens is 229 g/mol. The van der Waals surface area contributed by atoms with Gasteiger partial charge < -0.3 is 5.32 Å². The summed E-state index contributed by atoms with van der Waals surface area (Å²) in [6.45, 7) is 3.19. The van der Waals surface area contributed by atoms with Crippen LogP contribution in [-0.4, -0.2) is 13.6 Å². The second kappa shape index (κ2) is 3.97. The van der Waals surface area contributed by atoms with Crippen LogP contribution >= 0.6 is 23.2 Å². The second-order valence-electron chi connectivity index (χ2n) is 4.39. The Hall–Kier alpha value is -0.240. The zero-order chi connectivity index (χ0) is 11.1. The highest BCUT2D eigenvalue weighted by atomic mass is 35.5. The van der Waals surface area contributed by atoms with E-state index in [0.29, 0.717) is 5.92 Å². The van der Waals surface area contributed by atoms with Crippen molar-refractivity contribution in [2.75, 3.05) is 13.6 Å². The molecular formula is C12H15Cl2N. The molecule has 1 fully saturated rings. The van der Waals surface area contributed by atoms with Gasteiger partial charge in [0.1, 0.15) is 0 Å². The summed E-state index contributed by atoms with van der Waals surface area (Å²) in [5.74, 6) is 0.655. The first-order valence-corrected chi connectivity index (χ1v) is 5.96. The lowest BCUT2D eigenvalue weighted by Gasteiger charge is -2.19. The summed E-state index contributed by atoms with van der Waals surface area (Å²) in [6.07, 6.45) is 1.16. The number of halogens is 2. The molecule has 0 saturated heterocycles. The highest BCUT2D eigenvalue weighted by molar-refractivity contribution is 6.36. The van der Waals surface area contributed by atoms with Gasteiger partial charge >= 0.3 is 0 Å². The molecule has 0 amide bonds. The summed E-state index contributed by atoms with van der Waals surface area (Å²) in [6, 6.07) is 5.74. The van der Waals surface area contributed by atoms with Crippen LogP contribution in [0.3, 0.4) is 0 Å². The summed E-state index contributed by atoms with van der Waals surface area (Å²) in [5, 5.41) is 4.82. The minimum absolute atomic E-state index is 0.157. The maximum atomic E-state index is 6.24. The van der Waals surface area contributed by atoms with Gasteiger partial charge in [-0.15, -0.1) is 0 Å². The number of rotatable bonds is 3. The van der Waals surface area contributed by atoms with Crippen LogP contribution in [0.1, 0.15) is 18.9 Å². The highest BCUT2D eigenvalue weighted by Crippen LogP contribution is 2.57. The van der Waals surface area contributed by atoms with E-state index < -0.39 is 0 Å². The van der Waals surface area contributed by atoms with E-state index in [-0.39, 0.29) is 5.41 Å². The SMILES string of the molecule is CNCC1(c2c(Cl)cccc2Cl)CC1C. The van der Waals surface area contributed by atoms with Crippen molar-refractivity contribution in [3.8, 4) is 0 Å². The van der Waals surface area contributed by atoms with Gasteiger partial charge in [0.25, 0.3) is 0 Å². The van der Waals surface area contributed by atoms with Gasteiger partial charge in [-0.3, -0.25) is 0 Å². The molecule has 0 spiro atoms. The molecule has 1 aliphatic carbocycles. The summed E-state index contributed by atoms with van der Waals surface area (Å²) < 4.78 is 0. The quantitative estimate of drug-likeness (QED) is 0.858. The molecule has 82 valence electrons. The molecule has 0 aliphatic heterocycles. The van der Waals surface area contributed by atoms with Crippen LogP contribution in [0.5, 0.6) is 0 Å². The Balaban J connectivity index is 2.44. The van der Waals surface area contributed by atoms with E-state index in [4.69, 9.17) is 23.2 Å². The molecule has 0 bridgehead atoms. The predicted molar refractivity (Wildman–Crippen MR) is 65.8 cm³/mol. The van der Waals surface area contributed by atoms with Crippen molar-refractivity contribution in [2.24, 2.45) is 5.92 Å². The summed E-state index contributed by atoms with van der Waals surface area (Å²) >= 11 is 12.5. The van der Waals surface area contributed by atoms with Crippen molar-refractivity contribution >= 4 is 23.2 Å². The number of hydrogen-bond donors (Lipinski definition) is 1. The molecule has 1 aromatic rings. The van der Waals surface area contributed by atoms with Crippen molar-refractivity contribution in [3.63, 3.8) is 0 Å². The van der Waals surface area contributed by atoms with Crippen LogP contribution < -0.4 is 5.32 Å². The number of benzene rings is 1. The number of likely N-dealkylation sites (N-methyl/N-ethyl adjacent to an activating group) is 1. The largest absolute Gasteiger partial charge is 0.319 e. The van der Waals surface area contributed by atoms with E-state index in [1.165, 1.54) is 0 Å². The lowest BCUT2D eigenvalue weighted by molar-refractivity contribution is 0.581. The van der Waals surface area contributed by atoms with Gasteiger partial charge in [0.15, 0.2) is 0 Å². The van der Waals surface area contributed by atoms with E-state index in [1.54, 1.807) is 0 Å². The molecule has 1 aromatic carbocycles. The smallest absolute Gasteiger partial charge is 0.0459 e. The van der Waals surface area contributed by atoms with E-state index in [9.17, 15) is 0 Å². The van der Waals surface area contributed by atoms with E-state index >= 15 is 0 Å². The maximum Gasteiger partial charge on any atom is 0.0459 e. The first kappa shape index (κ1) is 11.3. The molecule has 1 saturated carbocycles. The lowest BCUT2D eigenvalue weighted by atomic mass is 9.93. The minimum Gasteiger partial charge on any atom is -0.319 e. The van der Waals surface area contributed by atoms with Crippen molar-refractivity contribution < 1.29 is 0 Å². The number of hydrogen-bond acceptors (Lipinski definition) is 1. The molecule has 0 aromatic heterocycles. The number of nitrogens with one attached hydrogen (secondary N) is 1. The van der Waals surface area contributed by atoms with Crippen molar-refractivity contribution in [2.45, 2.75) is 18.8 Å². The fraction of sp³-hybridized carbons (Fsp3) is 0.500. The van der Waals surface area contributed by atoms with Gasteiger partial charge in [0.2, 0.25) is 0 Å². The molecule has 1 N–H and O–H groups in total. The molecule has 2 rings (SSSR count). The Kier molecular flexibility index (Phi) is 2.98. The van der Waals surface area contributed by atoms with Crippen molar-refractivity contribution in [3.05, 3.63) is 33.8 Å². The molecule has 1 aliphatic rings. The zero-order valence-electron chi connectivity index (χ0n) is 8.98. The van der Waals surface area contributed by atoms with Gasteiger partial charge in [-0.2, -0.15) is 0 Å². The Morgan fingerprint density at radius 2 is 1.93 bits per heavy atom. The predicted octanol–water partition coefficient (Wildman–Crippen LogP) is 3.49. The maximum absolute atomic E-state index is 6.24. The molecule has 15 heavy (non-hydrogen) atoms. The Morgan fingerprint density at radius 3 is 2.33 bits per heavy atom. The second-order valence-corrected chi connectivity index (χ2v) is 5.20. The van der Waals surface area contributed by atoms with Gasteiger partial charge in [-0.1, -0.05) is 36.2 Å². The van der Waals surface area contributed by atoms with E-state index in [1.807, 2.05) is 25.2 Å². The van der Waals surface area contributed by atoms with Crippen LogP contribution in [0.25, 0.3) is 0 Å². The van der Waals surface area contributed by atoms with Gasteiger partial charge in [0, 0.05) is 22.0 Å². The summed E-state index contributed by atoms with van der Waals surface area (Å²) in [4.78, 5) is 0. The standard InChI is InChI=1S/C12H15Cl2N/c1-8-6-12(8,7-15-2)11-9(13)4-3-5-10(11)14/h3-5,8,15H,6-7H2,1-2H3. The third-order valence-corrected chi connectivity index (χ3v) is 4.04. The Morgan fingerprint density at radius 1 is 1.40 bits per heavy atom. The molecule has 1 nitrogen and oxygen atoms in total. The normalized spacial score (nSPS) is 29.2. The highest BCUT2D eigenvalue weighted by Gasteiger charge is 2.53. The molecule has 3 heteroatoms. The lowest BCUT2D eigenvalue weighted by Crippen LogP contribution is -2.26. The van der Waals surface area contributed by atoms with E-state index in [0.717, 1.165) is 28.6 Å². The van der Waals surface area contributed by atoms with Crippen LogP contribution in [0.15, 0.2) is 18.2 Å². The average molecular weight is 244 g/mol. The molecule has 2 atom stereocenters.